The Morgan fingerprint density at radius 1 is 1.24 bits per heavy atom. The third kappa shape index (κ3) is 3.09. The van der Waals surface area contributed by atoms with E-state index in [9.17, 15) is 8.42 Å². The molecule has 0 aromatic heterocycles. The van der Waals surface area contributed by atoms with Gasteiger partial charge in [0.2, 0.25) is 0 Å². The number of sulfone groups is 1. The summed E-state index contributed by atoms with van der Waals surface area (Å²) in [7, 11) is -3.10. The van der Waals surface area contributed by atoms with Crippen LogP contribution in [0.15, 0.2) is 29.2 Å². The van der Waals surface area contributed by atoms with E-state index in [0.717, 1.165) is 38.2 Å². The van der Waals surface area contributed by atoms with Crippen molar-refractivity contribution in [3.63, 3.8) is 0 Å². The quantitative estimate of drug-likeness (QED) is 0.860. The van der Waals surface area contributed by atoms with Gasteiger partial charge in [0.1, 0.15) is 0 Å². The summed E-state index contributed by atoms with van der Waals surface area (Å²) in [5.74, 6) is 0.767. The number of benzene rings is 1. The third-order valence-corrected chi connectivity index (χ3v) is 6.41. The summed E-state index contributed by atoms with van der Waals surface area (Å²) in [6.45, 7) is 4.59. The largest absolute Gasteiger partial charge is 0.378 e. The molecule has 0 amide bonds. The van der Waals surface area contributed by atoms with E-state index in [4.69, 9.17) is 4.74 Å². The highest BCUT2D eigenvalue weighted by Gasteiger charge is 2.32. The van der Waals surface area contributed by atoms with Crippen molar-refractivity contribution in [1.82, 2.24) is 0 Å². The van der Waals surface area contributed by atoms with Gasteiger partial charge in [0, 0.05) is 31.3 Å². The summed E-state index contributed by atoms with van der Waals surface area (Å²) in [4.78, 5) is 2.78. The topological polar surface area (TPSA) is 46.6 Å². The number of ether oxygens (including phenoxy) is 1. The Morgan fingerprint density at radius 3 is 2.71 bits per heavy atom. The van der Waals surface area contributed by atoms with Gasteiger partial charge in [-0.15, -0.1) is 0 Å². The van der Waals surface area contributed by atoms with Gasteiger partial charge < -0.3 is 9.64 Å². The first-order valence-electron chi connectivity index (χ1n) is 7.79. The van der Waals surface area contributed by atoms with E-state index in [1.807, 2.05) is 12.1 Å². The van der Waals surface area contributed by atoms with Crippen molar-refractivity contribution >= 4 is 15.5 Å². The lowest BCUT2D eigenvalue weighted by molar-refractivity contribution is -0.0357. The highest BCUT2D eigenvalue weighted by molar-refractivity contribution is 7.91. The van der Waals surface area contributed by atoms with Crippen LogP contribution in [0.25, 0.3) is 0 Å². The zero-order chi connectivity index (χ0) is 14.9. The van der Waals surface area contributed by atoms with Gasteiger partial charge >= 0.3 is 0 Å². The number of hydrogen-bond acceptors (Lipinski definition) is 4. The summed E-state index contributed by atoms with van der Waals surface area (Å²) < 4.78 is 29.5. The van der Waals surface area contributed by atoms with Crippen molar-refractivity contribution in [2.75, 3.05) is 30.3 Å². The summed E-state index contributed by atoms with van der Waals surface area (Å²) in [6, 6.07) is 7.34. The van der Waals surface area contributed by atoms with Gasteiger partial charge in [-0.25, -0.2) is 8.42 Å². The molecule has 1 aromatic rings. The van der Waals surface area contributed by atoms with Crippen molar-refractivity contribution in [1.29, 1.82) is 0 Å². The summed E-state index contributed by atoms with van der Waals surface area (Å²) >= 11 is 0. The molecule has 3 rings (SSSR count). The molecule has 21 heavy (non-hydrogen) atoms. The normalized spacial score (nSPS) is 26.4. The van der Waals surface area contributed by atoms with Crippen molar-refractivity contribution in [2.45, 2.75) is 37.2 Å². The molecule has 4 nitrogen and oxygen atoms in total. The van der Waals surface area contributed by atoms with Gasteiger partial charge in [0.05, 0.1) is 16.8 Å². The molecule has 0 radical (unpaired) electrons. The predicted octanol–water partition coefficient (Wildman–Crippen LogP) is 2.49. The smallest absolute Gasteiger partial charge is 0.178 e. The second kappa shape index (κ2) is 5.97. The average molecular weight is 309 g/mol. The standard InChI is InChI=1S/C16H23NO3S/c1-2-21(18,19)15-7-5-14(6-8-15)17-10-9-16-13(12-17)4-3-11-20-16/h5-8,13,16H,2-4,9-12H2,1H3/t13-,16+/m1/s1. The maximum Gasteiger partial charge on any atom is 0.178 e. The lowest BCUT2D eigenvalue weighted by atomic mass is 9.88. The van der Waals surface area contributed by atoms with Crippen LogP contribution in [0.1, 0.15) is 26.2 Å². The molecule has 2 fully saturated rings. The molecule has 0 saturated carbocycles. The number of nitrogens with zero attached hydrogens (tertiary/aromatic N) is 1. The van der Waals surface area contributed by atoms with E-state index in [1.165, 1.54) is 6.42 Å². The van der Waals surface area contributed by atoms with Gasteiger partial charge in [0.15, 0.2) is 9.84 Å². The Kier molecular flexibility index (Phi) is 4.22. The average Bonchev–Trinajstić information content (AvgIpc) is 2.54. The number of piperidine rings is 1. The maximum atomic E-state index is 11.8. The fraction of sp³-hybridized carbons (Fsp3) is 0.625. The van der Waals surface area contributed by atoms with Crippen molar-refractivity contribution < 1.29 is 13.2 Å². The summed E-state index contributed by atoms with van der Waals surface area (Å²) in [5.41, 5.74) is 1.12. The van der Waals surface area contributed by atoms with Gasteiger partial charge in [-0.2, -0.15) is 0 Å². The molecule has 0 N–H and O–H groups in total. The van der Waals surface area contributed by atoms with Gasteiger partial charge in [-0.3, -0.25) is 0 Å². The first kappa shape index (κ1) is 14.9. The van der Waals surface area contributed by atoms with Crippen molar-refractivity contribution in [3.05, 3.63) is 24.3 Å². The molecular formula is C16H23NO3S. The van der Waals surface area contributed by atoms with Crippen LogP contribution in [0.4, 0.5) is 5.69 Å². The van der Waals surface area contributed by atoms with Crippen molar-refractivity contribution in [3.8, 4) is 0 Å². The number of anilines is 1. The van der Waals surface area contributed by atoms with Crippen LogP contribution >= 0.6 is 0 Å². The molecule has 1 aromatic carbocycles. The van der Waals surface area contributed by atoms with Crippen LogP contribution in [0.3, 0.4) is 0 Å². The fourth-order valence-electron chi connectivity index (χ4n) is 3.35. The molecule has 2 aliphatic rings. The summed E-state index contributed by atoms with van der Waals surface area (Å²) in [6.07, 6.45) is 3.89. The second-order valence-corrected chi connectivity index (χ2v) is 8.22. The molecule has 0 unspecified atom stereocenters. The molecule has 2 aliphatic heterocycles. The molecule has 2 atom stereocenters. The monoisotopic (exact) mass is 309 g/mol. The van der Waals surface area contributed by atoms with Crippen LogP contribution < -0.4 is 4.90 Å². The van der Waals surface area contributed by atoms with E-state index in [2.05, 4.69) is 4.90 Å². The molecule has 0 spiro atoms. The SMILES string of the molecule is CCS(=O)(=O)c1ccc(N2CC[C@@H]3OCCC[C@@H]3C2)cc1. The Bertz CT molecular complexity index is 582. The van der Waals surface area contributed by atoms with Crippen LogP contribution in [0, 0.1) is 5.92 Å². The Balaban J connectivity index is 1.73. The minimum atomic E-state index is -3.10. The van der Waals surface area contributed by atoms with E-state index in [1.54, 1.807) is 19.1 Å². The lowest BCUT2D eigenvalue weighted by Gasteiger charge is -2.42. The molecule has 0 aliphatic carbocycles. The molecular weight excluding hydrogens is 286 g/mol. The Morgan fingerprint density at radius 2 is 2.00 bits per heavy atom. The molecule has 2 heterocycles. The van der Waals surface area contributed by atoms with E-state index < -0.39 is 9.84 Å². The van der Waals surface area contributed by atoms with Crippen LogP contribution in [0.5, 0.6) is 0 Å². The lowest BCUT2D eigenvalue weighted by Crippen LogP contribution is -2.46. The van der Waals surface area contributed by atoms with Crippen LogP contribution in [-0.4, -0.2) is 40.0 Å². The molecule has 2 saturated heterocycles. The zero-order valence-corrected chi connectivity index (χ0v) is 13.3. The summed E-state index contributed by atoms with van der Waals surface area (Å²) in [5, 5.41) is 0. The van der Waals surface area contributed by atoms with Crippen LogP contribution in [0.2, 0.25) is 0 Å². The van der Waals surface area contributed by atoms with E-state index >= 15 is 0 Å². The number of hydrogen-bond donors (Lipinski definition) is 0. The zero-order valence-electron chi connectivity index (χ0n) is 12.5. The third-order valence-electron chi connectivity index (χ3n) is 4.66. The Hall–Kier alpha value is -1.07. The molecule has 0 bridgehead atoms. The molecule has 5 heteroatoms. The minimum Gasteiger partial charge on any atom is -0.378 e. The minimum absolute atomic E-state index is 0.150. The Labute approximate surface area is 127 Å². The number of fused-ring (bicyclic) bond motifs is 1. The highest BCUT2D eigenvalue weighted by Crippen LogP contribution is 2.31. The van der Waals surface area contributed by atoms with E-state index in [0.29, 0.717) is 16.9 Å². The maximum absolute atomic E-state index is 11.8. The number of rotatable bonds is 3. The predicted molar refractivity (Wildman–Crippen MR) is 83.5 cm³/mol. The van der Waals surface area contributed by atoms with E-state index in [-0.39, 0.29) is 5.75 Å². The van der Waals surface area contributed by atoms with Crippen LogP contribution in [-0.2, 0) is 14.6 Å². The van der Waals surface area contributed by atoms with Crippen molar-refractivity contribution in [2.24, 2.45) is 5.92 Å². The van der Waals surface area contributed by atoms with Gasteiger partial charge in [-0.05, 0) is 43.5 Å². The highest BCUT2D eigenvalue weighted by atomic mass is 32.2. The fourth-order valence-corrected chi connectivity index (χ4v) is 4.24. The van der Waals surface area contributed by atoms with Gasteiger partial charge in [0.25, 0.3) is 0 Å². The van der Waals surface area contributed by atoms with Gasteiger partial charge in [-0.1, -0.05) is 6.92 Å². The second-order valence-electron chi connectivity index (χ2n) is 5.94. The molecule has 116 valence electrons. The first-order valence-corrected chi connectivity index (χ1v) is 9.45. The first-order chi connectivity index (χ1) is 10.1.